The quantitative estimate of drug-likeness (QED) is 0.899. The molecule has 0 spiro atoms. The van der Waals surface area contributed by atoms with Gasteiger partial charge in [-0.1, -0.05) is 19.8 Å². The third-order valence-corrected chi connectivity index (χ3v) is 4.12. The fourth-order valence-electron chi connectivity index (χ4n) is 3.11. The highest BCUT2D eigenvalue weighted by Crippen LogP contribution is 2.47. The summed E-state index contributed by atoms with van der Waals surface area (Å²) in [6.45, 7) is 1.91. The van der Waals surface area contributed by atoms with Crippen molar-refractivity contribution >= 4 is 5.82 Å². The van der Waals surface area contributed by atoms with E-state index in [9.17, 15) is 13.2 Å². The second kappa shape index (κ2) is 5.06. The van der Waals surface area contributed by atoms with E-state index >= 15 is 0 Å². The average Bonchev–Trinajstić information content (AvgIpc) is 2.64. The van der Waals surface area contributed by atoms with E-state index < -0.39 is 18.0 Å². The molecule has 108 valence electrons. The molecular formula is C13H20F3N3. The number of aromatic nitrogens is 2. The number of aryl methyl sites for hydroxylation is 1. The number of hydrogen-bond donors (Lipinski definition) is 1. The van der Waals surface area contributed by atoms with E-state index in [1.165, 1.54) is 4.68 Å². The fraction of sp³-hybridized carbons (Fsp3) is 0.769. The molecule has 1 aromatic heterocycles. The van der Waals surface area contributed by atoms with Gasteiger partial charge >= 0.3 is 6.18 Å². The van der Waals surface area contributed by atoms with E-state index in [1.807, 2.05) is 6.92 Å². The van der Waals surface area contributed by atoms with E-state index in [0.29, 0.717) is 30.8 Å². The smallest absolute Gasteiger partial charge is 0.384 e. The Bertz CT molecular complexity index is 451. The van der Waals surface area contributed by atoms with Gasteiger partial charge in [0.1, 0.15) is 5.82 Å². The number of hydrogen-bond acceptors (Lipinski definition) is 2. The predicted molar refractivity (Wildman–Crippen MR) is 67.8 cm³/mol. The summed E-state index contributed by atoms with van der Waals surface area (Å²) in [5.41, 5.74) is 7.24. The summed E-state index contributed by atoms with van der Waals surface area (Å²) in [5.74, 6) is -1.32. The molecule has 0 bridgehead atoms. The lowest BCUT2D eigenvalue weighted by atomic mass is 9.76. The molecule has 2 rings (SSSR count). The molecule has 6 heteroatoms. The van der Waals surface area contributed by atoms with Crippen molar-refractivity contribution in [2.24, 2.45) is 13.0 Å². The summed E-state index contributed by atoms with van der Waals surface area (Å²) >= 11 is 0. The summed E-state index contributed by atoms with van der Waals surface area (Å²) in [4.78, 5) is 0. The molecule has 3 nitrogen and oxygen atoms in total. The first-order valence-electron chi connectivity index (χ1n) is 6.74. The molecular weight excluding hydrogens is 255 g/mol. The second-order valence-electron chi connectivity index (χ2n) is 5.27. The molecule has 1 heterocycles. The van der Waals surface area contributed by atoms with Crippen molar-refractivity contribution in [3.05, 3.63) is 11.3 Å². The van der Waals surface area contributed by atoms with Gasteiger partial charge in [0.2, 0.25) is 0 Å². The number of nitrogens with two attached hydrogens (primary N) is 1. The predicted octanol–water partition coefficient (Wildman–Crippen LogP) is 3.40. The lowest BCUT2D eigenvalue weighted by molar-refractivity contribution is -0.187. The van der Waals surface area contributed by atoms with Gasteiger partial charge in [-0.2, -0.15) is 18.3 Å². The molecule has 1 aliphatic carbocycles. The maximum atomic E-state index is 13.2. The zero-order chi connectivity index (χ0) is 14.2. The Kier molecular flexibility index (Phi) is 3.78. The normalized spacial score (nSPS) is 24.7. The molecule has 1 aromatic rings. The van der Waals surface area contributed by atoms with Crippen LogP contribution in [0.5, 0.6) is 0 Å². The van der Waals surface area contributed by atoms with Gasteiger partial charge in [0.25, 0.3) is 0 Å². The first-order valence-corrected chi connectivity index (χ1v) is 6.74. The van der Waals surface area contributed by atoms with Crippen LogP contribution in [0.4, 0.5) is 19.0 Å². The Morgan fingerprint density at radius 3 is 2.53 bits per heavy atom. The number of nitrogens with zero attached hydrogens (tertiary/aromatic N) is 2. The van der Waals surface area contributed by atoms with Crippen molar-refractivity contribution in [3.63, 3.8) is 0 Å². The highest BCUT2D eigenvalue weighted by molar-refractivity contribution is 5.45. The molecule has 1 saturated carbocycles. The van der Waals surface area contributed by atoms with Gasteiger partial charge in [-0.15, -0.1) is 0 Å². The van der Waals surface area contributed by atoms with Crippen LogP contribution in [0.25, 0.3) is 0 Å². The van der Waals surface area contributed by atoms with Crippen molar-refractivity contribution < 1.29 is 13.2 Å². The summed E-state index contributed by atoms with van der Waals surface area (Å²) < 4.78 is 41.0. The standard InChI is InChI=1S/C13H20F3N3/c1-3-8-11(18-19(2)12(8)17)9-6-4-5-7-10(9)13(14,15)16/h9-10H,3-7,17H2,1-2H3. The van der Waals surface area contributed by atoms with Gasteiger partial charge in [-0.25, -0.2) is 0 Å². The van der Waals surface area contributed by atoms with Gasteiger partial charge in [0, 0.05) is 18.5 Å². The highest BCUT2D eigenvalue weighted by atomic mass is 19.4. The lowest BCUT2D eigenvalue weighted by Gasteiger charge is -2.32. The molecule has 0 saturated heterocycles. The van der Waals surface area contributed by atoms with Crippen molar-refractivity contribution in [2.75, 3.05) is 5.73 Å². The van der Waals surface area contributed by atoms with Gasteiger partial charge < -0.3 is 5.73 Å². The molecule has 0 aromatic carbocycles. The van der Waals surface area contributed by atoms with Crippen LogP contribution >= 0.6 is 0 Å². The van der Waals surface area contributed by atoms with Crippen molar-refractivity contribution in [3.8, 4) is 0 Å². The zero-order valence-electron chi connectivity index (χ0n) is 11.3. The van der Waals surface area contributed by atoms with Crippen LogP contribution in [-0.4, -0.2) is 16.0 Å². The molecule has 1 aliphatic rings. The minimum Gasteiger partial charge on any atom is -0.384 e. The van der Waals surface area contributed by atoms with E-state index in [1.54, 1.807) is 7.05 Å². The van der Waals surface area contributed by atoms with Crippen LogP contribution in [0, 0.1) is 5.92 Å². The van der Waals surface area contributed by atoms with Gasteiger partial charge in [-0.3, -0.25) is 4.68 Å². The Labute approximate surface area is 111 Å². The van der Waals surface area contributed by atoms with Gasteiger partial charge in [0.05, 0.1) is 11.6 Å². The zero-order valence-corrected chi connectivity index (χ0v) is 11.3. The van der Waals surface area contributed by atoms with Crippen LogP contribution in [0.1, 0.15) is 49.8 Å². The Morgan fingerprint density at radius 1 is 1.32 bits per heavy atom. The number of alkyl halides is 3. The second-order valence-corrected chi connectivity index (χ2v) is 5.27. The molecule has 2 N–H and O–H groups in total. The van der Waals surface area contributed by atoms with Gasteiger partial charge in [-0.05, 0) is 19.3 Å². The molecule has 1 fully saturated rings. The highest BCUT2D eigenvalue weighted by Gasteiger charge is 2.47. The van der Waals surface area contributed by atoms with Crippen LogP contribution < -0.4 is 5.73 Å². The maximum Gasteiger partial charge on any atom is 0.392 e. The molecule has 0 amide bonds. The number of rotatable bonds is 2. The van der Waals surface area contributed by atoms with Gasteiger partial charge in [0.15, 0.2) is 0 Å². The summed E-state index contributed by atoms with van der Waals surface area (Å²) in [7, 11) is 1.68. The minimum atomic E-state index is -4.15. The van der Waals surface area contributed by atoms with Crippen molar-refractivity contribution in [1.29, 1.82) is 0 Å². The van der Waals surface area contributed by atoms with Crippen LogP contribution in [0.2, 0.25) is 0 Å². The monoisotopic (exact) mass is 275 g/mol. The van der Waals surface area contributed by atoms with E-state index in [2.05, 4.69) is 5.10 Å². The molecule has 2 atom stereocenters. The van der Waals surface area contributed by atoms with E-state index in [-0.39, 0.29) is 6.42 Å². The van der Waals surface area contributed by atoms with Crippen molar-refractivity contribution in [2.45, 2.75) is 51.1 Å². The average molecular weight is 275 g/mol. The Morgan fingerprint density at radius 2 is 1.95 bits per heavy atom. The SMILES string of the molecule is CCc1c(C2CCCCC2C(F)(F)F)nn(C)c1N. The number of halogens is 3. The Balaban J connectivity index is 2.40. The molecule has 19 heavy (non-hydrogen) atoms. The maximum absolute atomic E-state index is 13.2. The van der Waals surface area contributed by atoms with Crippen LogP contribution in [-0.2, 0) is 13.5 Å². The van der Waals surface area contributed by atoms with E-state index in [4.69, 9.17) is 5.73 Å². The molecule has 0 radical (unpaired) electrons. The van der Waals surface area contributed by atoms with Crippen molar-refractivity contribution in [1.82, 2.24) is 9.78 Å². The number of nitrogen functional groups attached to an aromatic ring is 1. The fourth-order valence-corrected chi connectivity index (χ4v) is 3.11. The summed E-state index contributed by atoms with van der Waals surface area (Å²) in [6.07, 6.45) is -1.30. The number of anilines is 1. The largest absolute Gasteiger partial charge is 0.392 e. The first kappa shape index (κ1) is 14.2. The Hall–Kier alpha value is -1.20. The van der Waals surface area contributed by atoms with Crippen LogP contribution in [0.15, 0.2) is 0 Å². The van der Waals surface area contributed by atoms with E-state index in [0.717, 1.165) is 12.0 Å². The lowest BCUT2D eigenvalue weighted by Crippen LogP contribution is -2.32. The third-order valence-electron chi connectivity index (χ3n) is 4.12. The van der Waals surface area contributed by atoms with Crippen LogP contribution in [0.3, 0.4) is 0 Å². The molecule has 0 aliphatic heterocycles. The molecule has 2 unspecified atom stereocenters. The topological polar surface area (TPSA) is 43.8 Å². The summed E-state index contributed by atoms with van der Waals surface area (Å²) in [6, 6.07) is 0. The minimum absolute atomic E-state index is 0.202. The third kappa shape index (κ3) is 2.58. The summed E-state index contributed by atoms with van der Waals surface area (Å²) in [5, 5.41) is 4.26. The first-order chi connectivity index (χ1) is 8.86.